The highest BCUT2D eigenvalue weighted by atomic mass is 16.4. The summed E-state index contributed by atoms with van der Waals surface area (Å²) in [5, 5.41) is 22.1. The summed E-state index contributed by atoms with van der Waals surface area (Å²) in [6.45, 7) is 5.74. The molecule has 0 fully saturated rings. The summed E-state index contributed by atoms with van der Waals surface area (Å²) in [4.78, 5) is 31.3. The van der Waals surface area contributed by atoms with Crippen LogP contribution in [0.5, 0.6) is 0 Å². The third-order valence-electron chi connectivity index (χ3n) is 4.83. The molecule has 3 N–H and O–H groups in total. The molecule has 3 rings (SSSR count). The highest BCUT2D eigenvalue weighted by Gasteiger charge is 2.30. The highest BCUT2D eigenvalue weighted by molar-refractivity contribution is 6.08. The molecule has 0 aliphatic carbocycles. The Balaban J connectivity index is 2.11. The molecular weight excluding hydrogens is 334 g/mol. The molecule has 0 bridgehead atoms. The minimum absolute atomic E-state index is 0.454. The first kappa shape index (κ1) is 18.3. The Kier molecular flexibility index (Phi) is 5.20. The summed E-state index contributed by atoms with van der Waals surface area (Å²) in [6, 6.07) is 6.00. The van der Waals surface area contributed by atoms with Crippen molar-refractivity contribution in [3.8, 4) is 0 Å². The smallest absolute Gasteiger partial charge is 0.328 e. The normalized spacial score (nSPS) is 16.7. The predicted octanol–water partition coefficient (Wildman–Crippen LogP) is 1.18. The Labute approximate surface area is 151 Å². The molecule has 7 heteroatoms. The molecule has 0 saturated heterocycles. The number of pyridine rings is 1. The van der Waals surface area contributed by atoms with E-state index in [1.807, 2.05) is 24.3 Å². The van der Waals surface area contributed by atoms with Gasteiger partial charge in [0, 0.05) is 36.2 Å². The summed E-state index contributed by atoms with van der Waals surface area (Å²) < 4.78 is 0. The number of likely N-dealkylation sites (N-methyl/N-ethyl adjacent to an activating group) is 1. The zero-order valence-corrected chi connectivity index (χ0v) is 14.9. The van der Waals surface area contributed by atoms with Crippen LogP contribution in [0.3, 0.4) is 0 Å². The van der Waals surface area contributed by atoms with Crippen molar-refractivity contribution < 1.29 is 19.8 Å². The molecule has 0 spiro atoms. The number of amides is 1. The number of benzene rings is 1. The number of para-hydroxylation sites is 1. The topological polar surface area (TPSA) is 103 Å². The number of nitrogens with zero attached hydrogens (tertiary/aromatic N) is 2. The van der Waals surface area contributed by atoms with Crippen LogP contribution < -0.4 is 5.32 Å². The van der Waals surface area contributed by atoms with Crippen LogP contribution in [-0.4, -0.2) is 57.2 Å². The van der Waals surface area contributed by atoms with E-state index >= 15 is 0 Å². The van der Waals surface area contributed by atoms with E-state index in [0.29, 0.717) is 23.0 Å². The molecule has 26 heavy (non-hydrogen) atoms. The van der Waals surface area contributed by atoms with Crippen molar-refractivity contribution in [2.24, 2.45) is 0 Å². The van der Waals surface area contributed by atoms with Gasteiger partial charge in [0.05, 0.1) is 17.2 Å². The van der Waals surface area contributed by atoms with Crippen LogP contribution in [0.1, 0.15) is 35.5 Å². The Morgan fingerprint density at radius 2 is 2.08 bits per heavy atom. The zero-order valence-electron chi connectivity index (χ0n) is 14.9. The van der Waals surface area contributed by atoms with E-state index < -0.39 is 24.0 Å². The second-order valence-corrected chi connectivity index (χ2v) is 6.58. The summed E-state index contributed by atoms with van der Waals surface area (Å²) >= 11 is 0. The van der Waals surface area contributed by atoms with Gasteiger partial charge in [-0.15, -0.1) is 0 Å². The van der Waals surface area contributed by atoms with E-state index in [9.17, 15) is 19.8 Å². The van der Waals surface area contributed by atoms with Crippen LogP contribution in [0, 0.1) is 0 Å². The van der Waals surface area contributed by atoms with E-state index in [2.05, 4.69) is 17.1 Å². The first-order valence-corrected chi connectivity index (χ1v) is 8.77. The predicted molar refractivity (Wildman–Crippen MR) is 97.0 cm³/mol. The fourth-order valence-electron chi connectivity index (χ4n) is 3.38. The number of aromatic nitrogens is 1. The quantitative estimate of drug-likeness (QED) is 0.742. The van der Waals surface area contributed by atoms with Crippen LogP contribution in [0.15, 0.2) is 24.3 Å². The molecule has 2 aromatic rings. The number of aliphatic hydroxyl groups is 1. The van der Waals surface area contributed by atoms with E-state index in [-0.39, 0.29) is 0 Å². The average molecular weight is 357 g/mol. The second-order valence-electron chi connectivity index (χ2n) is 6.58. The third-order valence-corrected chi connectivity index (χ3v) is 4.83. The van der Waals surface area contributed by atoms with Crippen LogP contribution in [-0.2, 0) is 17.8 Å². The molecule has 0 saturated carbocycles. The molecule has 1 aliphatic heterocycles. The van der Waals surface area contributed by atoms with Crippen molar-refractivity contribution in [2.75, 3.05) is 13.1 Å². The van der Waals surface area contributed by atoms with Crippen LogP contribution >= 0.6 is 0 Å². The average Bonchev–Trinajstić information content (AvgIpc) is 2.62. The Morgan fingerprint density at radius 1 is 1.35 bits per heavy atom. The van der Waals surface area contributed by atoms with Gasteiger partial charge < -0.3 is 15.5 Å². The molecule has 1 aliphatic rings. The van der Waals surface area contributed by atoms with Crippen molar-refractivity contribution in [3.63, 3.8) is 0 Å². The largest absolute Gasteiger partial charge is 0.480 e. The van der Waals surface area contributed by atoms with Crippen molar-refractivity contribution in [1.29, 1.82) is 0 Å². The Morgan fingerprint density at radius 3 is 2.73 bits per heavy atom. The standard InChI is InChI=1S/C19H23N3O4/c1-3-22-9-8-15-13(10-22)16(12-6-4-5-7-14(12)20-15)18(24)21-17(11(2)23)19(25)26/h4-7,11,17,23H,3,8-10H2,1-2H3,(H,21,24)(H,25,26). The molecule has 2 atom stereocenters. The fourth-order valence-corrected chi connectivity index (χ4v) is 3.38. The fraction of sp³-hybridized carbons (Fsp3) is 0.421. The van der Waals surface area contributed by atoms with Gasteiger partial charge in [-0.25, -0.2) is 4.79 Å². The third kappa shape index (κ3) is 3.40. The minimum Gasteiger partial charge on any atom is -0.480 e. The molecule has 2 heterocycles. The number of aliphatic hydroxyl groups excluding tert-OH is 1. The van der Waals surface area contributed by atoms with Gasteiger partial charge >= 0.3 is 5.97 Å². The van der Waals surface area contributed by atoms with Crippen LogP contribution in [0.4, 0.5) is 0 Å². The van der Waals surface area contributed by atoms with Gasteiger partial charge in [0.15, 0.2) is 6.04 Å². The number of hydrogen-bond donors (Lipinski definition) is 3. The van der Waals surface area contributed by atoms with E-state index in [4.69, 9.17) is 4.98 Å². The number of carbonyl (C=O) groups is 2. The Hall–Kier alpha value is -2.51. The van der Waals surface area contributed by atoms with E-state index in [0.717, 1.165) is 30.8 Å². The number of nitrogens with one attached hydrogen (secondary N) is 1. The molecule has 1 amide bonds. The van der Waals surface area contributed by atoms with Gasteiger partial charge in [0.2, 0.25) is 0 Å². The second kappa shape index (κ2) is 7.39. The number of carbonyl (C=O) groups excluding carboxylic acids is 1. The first-order valence-electron chi connectivity index (χ1n) is 8.77. The van der Waals surface area contributed by atoms with Gasteiger partial charge in [0.25, 0.3) is 5.91 Å². The van der Waals surface area contributed by atoms with Crippen LogP contribution in [0.25, 0.3) is 10.9 Å². The summed E-state index contributed by atoms with van der Waals surface area (Å²) in [6.07, 6.45) is -0.458. The van der Waals surface area contributed by atoms with Crippen molar-refractivity contribution >= 4 is 22.8 Å². The Bertz CT molecular complexity index is 850. The number of fused-ring (bicyclic) bond motifs is 2. The lowest BCUT2D eigenvalue weighted by Crippen LogP contribution is -2.48. The zero-order chi connectivity index (χ0) is 18.8. The summed E-state index contributed by atoms with van der Waals surface area (Å²) in [5.41, 5.74) is 2.88. The molecule has 7 nitrogen and oxygen atoms in total. The van der Waals surface area contributed by atoms with E-state index in [1.54, 1.807) is 0 Å². The molecule has 138 valence electrons. The number of rotatable bonds is 5. The van der Waals surface area contributed by atoms with Gasteiger partial charge in [-0.05, 0) is 19.5 Å². The minimum atomic E-state index is -1.36. The lowest BCUT2D eigenvalue weighted by molar-refractivity contribution is -0.141. The number of carboxylic acids is 1. The molecule has 1 aromatic carbocycles. The van der Waals surface area contributed by atoms with Gasteiger partial charge in [-0.2, -0.15) is 0 Å². The van der Waals surface area contributed by atoms with Crippen LogP contribution in [0.2, 0.25) is 0 Å². The number of carboxylic acid groups (broad SMARTS) is 1. The van der Waals surface area contributed by atoms with Crippen molar-refractivity contribution in [3.05, 3.63) is 41.1 Å². The number of hydrogen-bond acceptors (Lipinski definition) is 5. The molecule has 0 radical (unpaired) electrons. The monoisotopic (exact) mass is 357 g/mol. The highest BCUT2D eigenvalue weighted by Crippen LogP contribution is 2.28. The van der Waals surface area contributed by atoms with Gasteiger partial charge in [-0.1, -0.05) is 25.1 Å². The maximum absolute atomic E-state index is 13.0. The lowest BCUT2D eigenvalue weighted by Gasteiger charge is -2.29. The molecular formula is C19H23N3O4. The van der Waals surface area contributed by atoms with Gasteiger partial charge in [-0.3, -0.25) is 14.7 Å². The van der Waals surface area contributed by atoms with Crippen molar-refractivity contribution in [1.82, 2.24) is 15.2 Å². The first-order chi connectivity index (χ1) is 12.4. The van der Waals surface area contributed by atoms with E-state index in [1.165, 1.54) is 6.92 Å². The summed E-state index contributed by atoms with van der Waals surface area (Å²) in [7, 11) is 0. The van der Waals surface area contributed by atoms with Crippen molar-refractivity contribution in [2.45, 2.75) is 39.0 Å². The lowest BCUT2D eigenvalue weighted by atomic mass is 9.95. The molecule has 1 aromatic heterocycles. The van der Waals surface area contributed by atoms with Gasteiger partial charge in [0.1, 0.15) is 0 Å². The maximum Gasteiger partial charge on any atom is 0.328 e. The SMILES string of the molecule is CCN1CCc2nc3ccccc3c(C(=O)NC(C(=O)O)C(C)O)c2C1. The maximum atomic E-state index is 13.0. The molecule has 2 unspecified atom stereocenters. The summed E-state index contributed by atoms with van der Waals surface area (Å²) in [5.74, 6) is -1.76. The number of aliphatic carboxylic acids is 1.